The van der Waals surface area contributed by atoms with E-state index in [1.807, 2.05) is 0 Å². The van der Waals surface area contributed by atoms with Crippen LogP contribution in [-0.4, -0.2) is 12.3 Å². The van der Waals surface area contributed by atoms with Gasteiger partial charge in [0.15, 0.2) is 0 Å². The van der Waals surface area contributed by atoms with E-state index in [2.05, 4.69) is 38.1 Å². The third-order valence-corrected chi connectivity index (χ3v) is 7.21. The van der Waals surface area contributed by atoms with Crippen molar-refractivity contribution in [3.8, 4) is 0 Å². The molecule has 0 nitrogen and oxygen atoms in total. The lowest BCUT2D eigenvalue weighted by molar-refractivity contribution is 0.659. The van der Waals surface area contributed by atoms with E-state index in [1.165, 1.54) is 76.5 Å². The van der Waals surface area contributed by atoms with Crippen molar-refractivity contribution in [2.45, 2.75) is 78.1 Å². The molecule has 0 aromatic heterocycles. The molecule has 0 N–H and O–H groups in total. The van der Waals surface area contributed by atoms with Crippen LogP contribution in [-0.2, 0) is 0 Å². The van der Waals surface area contributed by atoms with Crippen molar-refractivity contribution < 1.29 is 0 Å². The van der Waals surface area contributed by atoms with Crippen LogP contribution in [0, 0.1) is 0 Å². The van der Waals surface area contributed by atoms with Crippen molar-refractivity contribution in [2.75, 3.05) is 12.3 Å². The first-order chi connectivity index (χ1) is 10.9. The molecular weight excluding hydrogens is 302 g/mol. The van der Waals surface area contributed by atoms with Crippen molar-refractivity contribution >= 4 is 27.8 Å². The van der Waals surface area contributed by atoms with Crippen molar-refractivity contribution in [3.63, 3.8) is 0 Å². The molecular formula is C20H36P2. The third-order valence-electron chi connectivity index (χ3n) is 4.12. The minimum Gasteiger partial charge on any atom is -0.0897 e. The predicted molar refractivity (Wildman–Crippen MR) is 110 cm³/mol. The summed E-state index contributed by atoms with van der Waals surface area (Å²) in [5.74, 6) is 0. The summed E-state index contributed by atoms with van der Waals surface area (Å²) in [6.45, 7) is 4.59. The zero-order valence-corrected chi connectivity index (χ0v) is 16.8. The summed E-state index contributed by atoms with van der Waals surface area (Å²) < 4.78 is 0. The van der Waals surface area contributed by atoms with Gasteiger partial charge in [-0.3, -0.25) is 0 Å². The Balaban J connectivity index is 2.20. The largest absolute Gasteiger partial charge is 0.0897 e. The summed E-state index contributed by atoms with van der Waals surface area (Å²) in [5.41, 5.74) is 0. The number of hydrogen-bond acceptors (Lipinski definition) is 0. The quantitative estimate of drug-likeness (QED) is 0.278. The van der Waals surface area contributed by atoms with E-state index in [9.17, 15) is 0 Å². The van der Waals surface area contributed by atoms with Gasteiger partial charge >= 0.3 is 0 Å². The maximum atomic E-state index is 2.38. The third kappa shape index (κ3) is 9.97. The molecule has 0 bridgehead atoms. The van der Waals surface area contributed by atoms with Crippen molar-refractivity contribution in [2.24, 2.45) is 0 Å². The Morgan fingerprint density at radius 1 is 0.591 bits per heavy atom. The van der Waals surface area contributed by atoms with Crippen LogP contribution >= 0.6 is 17.2 Å². The Labute approximate surface area is 142 Å². The number of hydrogen-bond donors (Lipinski definition) is 0. The molecule has 0 aliphatic rings. The Morgan fingerprint density at radius 3 is 1.41 bits per heavy atom. The van der Waals surface area contributed by atoms with Crippen molar-refractivity contribution in [1.82, 2.24) is 0 Å². The molecule has 0 aliphatic carbocycles. The van der Waals surface area contributed by atoms with Gasteiger partial charge in [0.2, 0.25) is 0 Å². The molecule has 0 saturated heterocycles. The molecule has 22 heavy (non-hydrogen) atoms. The molecule has 0 radical (unpaired) electrons. The van der Waals surface area contributed by atoms with E-state index in [-0.39, 0.29) is 0 Å². The second kappa shape index (κ2) is 14.7. The number of benzene rings is 1. The highest BCUT2D eigenvalue weighted by Gasteiger charge is 2.02. The summed E-state index contributed by atoms with van der Waals surface area (Å²) in [4.78, 5) is 0. The minimum atomic E-state index is 1.03. The molecule has 1 aromatic carbocycles. The first kappa shape index (κ1) is 20.1. The first-order valence-electron chi connectivity index (χ1n) is 9.45. The molecule has 1 aromatic rings. The van der Waals surface area contributed by atoms with Gasteiger partial charge in [-0.25, -0.2) is 0 Å². The normalized spacial score (nSPS) is 12.1. The van der Waals surface area contributed by atoms with Gasteiger partial charge in [0.05, 0.1) is 0 Å². The van der Waals surface area contributed by atoms with Crippen LogP contribution in [0.5, 0.6) is 0 Å². The van der Waals surface area contributed by atoms with Gasteiger partial charge in [0.1, 0.15) is 0 Å². The fraction of sp³-hybridized carbons (Fsp3) is 0.700. The van der Waals surface area contributed by atoms with E-state index < -0.39 is 0 Å². The highest BCUT2D eigenvalue weighted by molar-refractivity contribution is 7.54. The fourth-order valence-electron chi connectivity index (χ4n) is 2.69. The second-order valence-corrected chi connectivity index (χ2v) is 9.01. The Kier molecular flexibility index (Phi) is 13.4. The van der Waals surface area contributed by atoms with Crippen LogP contribution in [0.25, 0.3) is 0 Å². The monoisotopic (exact) mass is 338 g/mol. The van der Waals surface area contributed by atoms with Gasteiger partial charge in [0.25, 0.3) is 0 Å². The van der Waals surface area contributed by atoms with Gasteiger partial charge in [-0.1, -0.05) is 107 Å². The lowest BCUT2D eigenvalue weighted by atomic mass is 10.2. The van der Waals surface area contributed by atoms with Gasteiger partial charge in [-0.15, -0.1) is 0 Å². The maximum Gasteiger partial charge on any atom is -0.0198 e. The zero-order valence-electron chi connectivity index (χ0n) is 14.8. The lowest BCUT2D eigenvalue weighted by Gasteiger charge is -2.10. The molecule has 0 aliphatic heterocycles. The summed E-state index contributed by atoms with van der Waals surface area (Å²) in [5, 5.41) is 3.31. The average Bonchev–Trinajstić information content (AvgIpc) is 2.55. The smallest absolute Gasteiger partial charge is 0.0198 e. The molecule has 0 amide bonds. The SMILES string of the molecule is CCCCCCCPc1ccccc1PCCCCCCC. The molecule has 0 saturated carbocycles. The molecule has 0 fully saturated rings. The molecule has 0 spiro atoms. The average molecular weight is 338 g/mol. The topological polar surface area (TPSA) is 0 Å². The lowest BCUT2D eigenvalue weighted by Crippen LogP contribution is -2.15. The molecule has 126 valence electrons. The fourth-order valence-corrected chi connectivity index (χ4v) is 5.59. The van der Waals surface area contributed by atoms with Gasteiger partial charge in [-0.05, 0) is 35.8 Å². The molecule has 2 heteroatoms. The summed E-state index contributed by atoms with van der Waals surface area (Å²) in [7, 11) is 2.07. The summed E-state index contributed by atoms with van der Waals surface area (Å²) in [6, 6.07) is 9.22. The highest BCUT2D eigenvalue weighted by Crippen LogP contribution is 2.19. The van der Waals surface area contributed by atoms with Crippen molar-refractivity contribution in [1.29, 1.82) is 0 Å². The van der Waals surface area contributed by atoms with Gasteiger partial charge in [0, 0.05) is 0 Å². The summed E-state index contributed by atoms with van der Waals surface area (Å²) in [6.07, 6.45) is 16.9. The van der Waals surface area contributed by atoms with E-state index >= 15 is 0 Å². The van der Waals surface area contributed by atoms with Crippen LogP contribution in [0.2, 0.25) is 0 Å². The summed E-state index contributed by atoms with van der Waals surface area (Å²) >= 11 is 0. The molecule has 2 unspecified atom stereocenters. The van der Waals surface area contributed by atoms with Gasteiger partial charge in [-0.2, -0.15) is 0 Å². The second-order valence-electron chi connectivity index (χ2n) is 6.23. The Morgan fingerprint density at radius 2 is 1.00 bits per heavy atom. The van der Waals surface area contributed by atoms with Crippen molar-refractivity contribution in [3.05, 3.63) is 24.3 Å². The standard InChI is InChI=1S/C20H36P2/c1-3-5-7-9-13-17-21-19-15-11-12-16-20(19)22-18-14-10-8-6-4-2/h11-12,15-16,21-22H,3-10,13-14,17-18H2,1-2H3. The van der Waals surface area contributed by atoms with Gasteiger partial charge < -0.3 is 0 Å². The van der Waals surface area contributed by atoms with Crippen LogP contribution < -0.4 is 10.6 Å². The maximum absolute atomic E-state index is 2.38. The van der Waals surface area contributed by atoms with E-state index in [4.69, 9.17) is 0 Å². The Bertz CT molecular complexity index is 327. The predicted octanol–water partition coefficient (Wildman–Crippen LogP) is 6.24. The van der Waals surface area contributed by atoms with Crippen LogP contribution in [0.4, 0.5) is 0 Å². The van der Waals surface area contributed by atoms with E-state index in [1.54, 1.807) is 10.6 Å². The van der Waals surface area contributed by atoms with Crippen LogP contribution in [0.1, 0.15) is 78.1 Å². The number of rotatable bonds is 14. The molecule has 2 atom stereocenters. The molecule has 0 heterocycles. The zero-order chi connectivity index (χ0) is 15.9. The Hall–Kier alpha value is 0.0800. The van der Waals surface area contributed by atoms with Crippen LogP contribution in [0.3, 0.4) is 0 Å². The van der Waals surface area contributed by atoms with E-state index in [0.29, 0.717) is 0 Å². The van der Waals surface area contributed by atoms with Crippen LogP contribution in [0.15, 0.2) is 24.3 Å². The number of unbranched alkanes of at least 4 members (excludes halogenated alkanes) is 8. The minimum absolute atomic E-state index is 1.03. The first-order valence-corrected chi connectivity index (χ1v) is 11.9. The molecule has 1 rings (SSSR count). The highest BCUT2D eigenvalue weighted by atomic mass is 31.1. The van der Waals surface area contributed by atoms with E-state index in [0.717, 1.165) is 17.2 Å².